The van der Waals surface area contributed by atoms with E-state index in [-0.39, 0.29) is 5.56 Å². The molecule has 0 aliphatic rings. The number of hydrogen-bond donors (Lipinski definition) is 0. The van der Waals surface area contributed by atoms with Gasteiger partial charge in [0.2, 0.25) is 0 Å². The van der Waals surface area contributed by atoms with Gasteiger partial charge < -0.3 is 9.47 Å². The number of hydrogen-bond acceptors (Lipinski definition) is 5. The Balaban J connectivity index is 1.55. The largest absolute Gasteiger partial charge is 0.493 e. The van der Waals surface area contributed by atoms with Crippen LogP contribution in [0.3, 0.4) is 0 Å². The Kier molecular flexibility index (Phi) is 5.90. The number of nitrogens with zero attached hydrogens (tertiary/aromatic N) is 2. The molecule has 0 aliphatic heterocycles. The first-order valence-corrected chi connectivity index (χ1v) is 11.8. The molecule has 5 aromatic rings. The first-order valence-electron chi connectivity index (χ1n) is 11.0. The van der Waals surface area contributed by atoms with Crippen LogP contribution in [0.15, 0.2) is 78.1 Å². The van der Waals surface area contributed by atoms with E-state index in [1.807, 2.05) is 48.6 Å². The number of aryl methyl sites for hydroxylation is 1. The molecule has 0 saturated carbocycles. The quantitative estimate of drug-likeness (QED) is 0.313. The summed E-state index contributed by atoms with van der Waals surface area (Å²) in [6.07, 6.45) is 4.33. The number of ether oxygens (including phenoxy) is 2. The number of benzene rings is 3. The standard InChI is InChI=1S/C28H24N2O3S/c1-4-7-21-14-20(15-24(32-3)26(21)33-17-19-12-10-18(2)11-13-19)16-25-27(31)30-23-9-6-5-8-22(23)29-28(30)34-25/h4-6,8-16H,1,7,17H2,2-3H3. The fraction of sp³-hybridized carbons (Fsp3) is 0.143. The second kappa shape index (κ2) is 9.15. The van der Waals surface area contributed by atoms with E-state index in [9.17, 15) is 4.79 Å². The Labute approximate surface area is 201 Å². The maximum absolute atomic E-state index is 13.2. The molecule has 0 unspecified atom stereocenters. The monoisotopic (exact) mass is 468 g/mol. The summed E-state index contributed by atoms with van der Waals surface area (Å²) in [4.78, 5) is 18.4. The van der Waals surface area contributed by atoms with Crippen LogP contribution in [-0.2, 0) is 13.0 Å². The van der Waals surface area contributed by atoms with Gasteiger partial charge in [-0.1, -0.05) is 59.4 Å². The van der Waals surface area contributed by atoms with E-state index in [4.69, 9.17) is 9.47 Å². The van der Waals surface area contributed by atoms with Gasteiger partial charge in [0, 0.05) is 5.56 Å². The molecule has 170 valence electrons. The number of para-hydroxylation sites is 2. The summed E-state index contributed by atoms with van der Waals surface area (Å²) in [5.41, 5.74) is 5.68. The predicted octanol–water partition coefficient (Wildman–Crippen LogP) is 5.08. The molecule has 5 nitrogen and oxygen atoms in total. The van der Waals surface area contributed by atoms with E-state index in [0.29, 0.717) is 34.0 Å². The average molecular weight is 469 g/mol. The molecule has 0 amide bonds. The molecule has 34 heavy (non-hydrogen) atoms. The van der Waals surface area contributed by atoms with Crippen molar-refractivity contribution < 1.29 is 9.47 Å². The highest BCUT2D eigenvalue weighted by Gasteiger charge is 2.14. The van der Waals surface area contributed by atoms with Crippen LogP contribution in [0.4, 0.5) is 0 Å². The summed E-state index contributed by atoms with van der Waals surface area (Å²) in [6, 6.07) is 19.9. The first kappa shape index (κ1) is 21.9. The summed E-state index contributed by atoms with van der Waals surface area (Å²) in [5.74, 6) is 1.31. The first-order chi connectivity index (χ1) is 16.6. The van der Waals surface area contributed by atoms with Gasteiger partial charge in [0.15, 0.2) is 16.5 Å². The maximum Gasteiger partial charge on any atom is 0.274 e. The van der Waals surface area contributed by atoms with Gasteiger partial charge in [-0.15, -0.1) is 6.58 Å². The van der Waals surface area contributed by atoms with Gasteiger partial charge in [-0.3, -0.25) is 4.79 Å². The number of fused-ring (bicyclic) bond motifs is 3. The zero-order chi connectivity index (χ0) is 23.7. The molecule has 2 aromatic heterocycles. The fourth-order valence-corrected chi connectivity index (χ4v) is 4.98. The van der Waals surface area contributed by atoms with Gasteiger partial charge in [0.1, 0.15) is 6.61 Å². The van der Waals surface area contributed by atoms with Crippen LogP contribution in [0.1, 0.15) is 22.3 Å². The molecule has 0 saturated heterocycles. The minimum absolute atomic E-state index is 0.0716. The molecule has 0 atom stereocenters. The molecule has 0 bridgehead atoms. The van der Waals surface area contributed by atoms with Gasteiger partial charge in [-0.05, 0) is 54.8 Å². The van der Waals surface area contributed by atoms with Crippen LogP contribution in [0.25, 0.3) is 22.1 Å². The summed E-state index contributed by atoms with van der Waals surface area (Å²) >= 11 is 1.38. The third kappa shape index (κ3) is 4.08. The van der Waals surface area contributed by atoms with E-state index in [2.05, 4.69) is 42.8 Å². The lowest BCUT2D eigenvalue weighted by Crippen LogP contribution is -2.22. The van der Waals surface area contributed by atoms with Crippen molar-refractivity contribution in [1.82, 2.24) is 9.38 Å². The highest BCUT2D eigenvalue weighted by Crippen LogP contribution is 2.34. The maximum atomic E-state index is 13.2. The Morgan fingerprint density at radius 2 is 1.91 bits per heavy atom. The average Bonchev–Trinajstić information content (AvgIpc) is 3.35. The SMILES string of the molecule is C=CCc1cc(C=c2sc3nc4ccccc4n3c2=O)cc(OC)c1OCc1ccc(C)cc1. The smallest absolute Gasteiger partial charge is 0.274 e. The Morgan fingerprint density at radius 1 is 1.12 bits per heavy atom. The lowest BCUT2D eigenvalue weighted by molar-refractivity contribution is 0.282. The third-order valence-corrected chi connectivity index (χ3v) is 6.65. The molecular weight excluding hydrogens is 444 g/mol. The molecule has 0 radical (unpaired) electrons. The van der Waals surface area contributed by atoms with E-state index in [1.165, 1.54) is 16.9 Å². The molecular formula is C28H24N2O3S. The normalized spacial score (nSPS) is 11.9. The summed E-state index contributed by atoms with van der Waals surface area (Å²) in [5, 5.41) is 0. The summed E-state index contributed by atoms with van der Waals surface area (Å²) in [7, 11) is 1.62. The lowest BCUT2D eigenvalue weighted by atomic mass is 10.1. The minimum Gasteiger partial charge on any atom is -0.493 e. The summed E-state index contributed by atoms with van der Waals surface area (Å²) in [6.45, 7) is 6.39. The lowest BCUT2D eigenvalue weighted by Gasteiger charge is -2.16. The van der Waals surface area contributed by atoms with Crippen LogP contribution in [0.5, 0.6) is 11.5 Å². The van der Waals surface area contributed by atoms with Gasteiger partial charge in [0.25, 0.3) is 5.56 Å². The fourth-order valence-electron chi connectivity index (χ4n) is 3.99. The van der Waals surface area contributed by atoms with Crippen molar-refractivity contribution >= 4 is 33.4 Å². The number of allylic oxidation sites excluding steroid dienone is 1. The number of aromatic nitrogens is 2. The second-order valence-electron chi connectivity index (χ2n) is 8.11. The second-order valence-corrected chi connectivity index (χ2v) is 9.12. The van der Waals surface area contributed by atoms with Crippen molar-refractivity contribution in [3.63, 3.8) is 0 Å². The molecule has 0 spiro atoms. The summed E-state index contributed by atoms with van der Waals surface area (Å²) < 4.78 is 14.2. The van der Waals surface area contributed by atoms with Crippen molar-refractivity contribution in [2.75, 3.05) is 7.11 Å². The zero-order valence-electron chi connectivity index (χ0n) is 19.1. The molecule has 0 aliphatic carbocycles. The van der Waals surface area contributed by atoms with Crippen LogP contribution in [0.2, 0.25) is 0 Å². The van der Waals surface area contributed by atoms with Crippen molar-refractivity contribution in [1.29, 1.82) is 0 Å². The molecule has 5 rings (SSSR count). The number of imidazole rings is 1. The van der Waals surface area contributed by atoms with Crippen molar-refractivity contribution in [3.05, 3.63) is 110 Å². The Bertz CT molecular complexity index is 1610. The number of thiazole rings is 1. The van der Waals surface area contributed by atoms with Crippen LogP contribution in [0, 0.1) is 6.92 Å². The number of methoxy groups -OCH3 is 1. The van der Waals surface area contributed by atoms with Crippen LogP contribution in [-0.4, -0.2) is 16.5 Å². The molecule has 3 aromatic carbocycles. The van der Waals surface area contributed by atoms with Crippen molar-refractivity contribution in [3.8, 4) is 11.5 Å². The van der Waals surface area contributed by atoms with Gasteiger partial charge >= 0.3 is 0 Å². The van der Waals surface area contributed by atoms with Crippen molar-refractivity contribution in [2.45, 2.75) is 20.0 Å². The highest BCUT2D eigenvalue weighted by molar-refractivity contribution is 7.15. The zero-order valence-corrected chi connectivity index (χ0v) is 19.9. The molecule has 0 N–H and O–H groups in total. The van der Waals surface area contributed by atoms with Gasteiger partial charge in [-0.2, -0.15) is 0 Å². The van der Waals surface area contributed by atoms with Crippen molar-refractivity contribution in [2.24, 2.45) is 0 Å². The Hall–Kier alpha value is -3.90. The highest BCUT2D eigenvalue weighted by atomic mass is 32.1. The Morgan fingerprint density at radius 3 is 2.68 bits per heavy atom. The number of rotatable bonds is 7. The van der Waals surface area contributed by atoms with Gasteiger partial charge in [-0.25, -0.2) is 9.38 Å². The minimum atomic E-state index is -0.0716. The molecule has 6 heteroatoms. The van der Waals surface area contributed by atoms with E-state index in [1.54, 1.807) is 11.5 Å². The van der Waals surface area contributed by atoms with Crippen LogP contribution >= 0.6 is 11.3 Å². The predicted molar refractivity (Wildman–Crippen MR) is 138 cm³/mol. The van der Waals surface area contributed by atoms with Crippen LogP contribution < -0.4 is 19.6 Å². The topological polar surface area (TPSA) is 52.8 Å². The van der Waals surface area contributed by atoms with E-state index in [0.717, 1.165) is 27.7 Å². The van der Waals surface area contributed by atoms with E-state index < -0.39 is 0 Å². The molecule has 0 fully saturated rings. The van der Waals surface area contributed by atoms with E-state index >= 15 is 0 Å². The molecule has 2 heterocycles. The van der Waals surface area contributed by atoms with Gasteiger partial charge in [0.05, 0.1) is 22.7 Å². The third-order valence-electron chi connectivity index (χ3n) is 5.68.